The van der Waals surface area contributed by atoms with Gasteiger partial charge in [-0.15, -0.1) is 0 Å². The molecule has 4 rings (SSSR count). The number of carbonyl (C=O) groups excluding carboxylic acids is 2. The number of methoxy groups -OCH3 is 1. The second kappa shape index (κ2) is 5.95. The summed E-state index contributed by atoms with van der Waals surface area (Å²) in [6, 6.07) is 16.7. The Kier molecular flexibility index (Phi) is 3.84. The Bertz CT molecular complexity index is 865. The molecule has 0 amide bonds. The van der Waals surface area contributed by atoms with Gasteiger partial charge in [-0.25, -0.2) is 0 Å². The Labute approximate surface area is 152 Å². The Morgan fingerprint density at radius 2 is 1.85 bits per heavy atom. The van der Waals surface area contributed by atoms with Crippen LogP contribution in [0.2, 0.25) is 0 Å². The van der Waals surface area contributed by atoms with Crippen LogP contribution in [0.5, 0.6) is 5.75 Å². The Balaban J connectivity index is 1.84. The maximum atomic E-state index is 13.6. The standard InChI is InChI=1S/C21H21NO4/c1-20(19(24)25-2)12-21(17(22-20)14-8-4-3-5-9-14)13-26-16-11-7-6-10-15(16)18(21)23/h3-11,17,22H,12-13H2,1-2H3/t17-,20-,21+/m0/s1. The summed E-state index contributed by atoms with van der Waals surface area (Å²) in [5, 5.41) is 3.38. The van der Waals surface area contributed by atoms with Crippen molar-refractivity contribution in [1.29, 1.82) is 0 Å². The number of nitrogens with one attached hydrogen (secondary N) is 1. The van der Waals surface area contributed by atoms with E-state index in [9.17, 15) is 9.59 Å². The number of carbonyl (C=O) groups is 2. The number of hydrogen-bond acceptors (Lipinski definition) is 5. The van der Waals surface area contributed by atoms with Crippen molar-refractivity contribution >= 4 is 11.8 Å². The van der Waals surface area contributed by atoms with Crippen molar-refractivity contribution in [1.82, 2.24) is 5.32 Å². The molecule has 1 N–H and O–H groups in total. The monoisotopic (exact) mass is 351 g/mol. The fourth-order valence-electron chi connectivity index (χ4n) is 4.31. The van der Waals surface area contributed by atoms with E-state index in [1.54, 1.807) is 19.1 Å². The molecular formula is C21H21NO4. The van der Waals surface area contributed by atoms with E-state index in [1.807, 2.05) is 42.5 Å². The molecule has 26 heavy (non-hydrogen) atoms. The molecule has 5 nitrogen and oxygen atoms in total. The zero-order chi connectivity index (χ0) is 18.4. The van der Waals surface area contributed by atoms with Gasteiger partial charge in [0.25, 0.3) is 0 Å². The van der Waals surface area contributed by atoms with Gasteiger partial charge in [0.2, 0.25) is 0 Å². The highest BCUT2D eigenvalue weighted by Crippen LogP contribution is 2.52. The predicted molar refractivity (Wildman–Crippen MR) is 96.1 cm³/mol. The summed E-state index contributed by atoms with van der Waals surface area (Å²) in [5.41, 5.74) is -0.300. The molecule has 0 aromatic heterocycles. The molecule has 5 heteroatoms. The fourth-order valence-corrected chi connectivity index (χ4v) is 4.31. The summed E-state index contributed by atoms with van der Waals surface area (Å²) in [6.07, 6.45) is 0.319. The molecule has 134 valence electrons. The van der Waals surface area contributed by atoms with E-state index in [0.29, 0.717) is 17.7 Å². The number of ether oxygens (including phenoxy) is 2. The van der Waals surface area contributed by atoms with Crippen LogP contribution in [-0.4, -0.2) is 31.0 Å². The smallest absolute Gasteiger partial charge is 0.325 e. The van der Waals surface area contributed by atoms with Gasteiger partial charge in [-0.1, -0.05) is 42.5 Å². The van der Waals surface area contributed by atoms with Crippen LogP contribution in [0.1, 0.15) is 35.3 Å². The summed E-state index contributed by atoms with van der Waals surface area (Å²) < 4.78 is 11.0. The molecule has 3 atom stereocenters. The lowest BCUT2D eigenvalue weighted by molar-refractivity contribution is -0.147. The maximum absolute atomic E-state index is 13.6. The minimum absolute atomic E-state index is 0.00771. The molecule has 0 unspecified atom stereocenters. The molecule has 0 radical (unpaired) electrons. The predicted octanol–water partition coefficient (Wildman–Crippen LogP) is 2.91. The van der Waals surface area contributed by atoms with Crippen molar-refractivity contribution in [2.45, 2.75) is 24.9 Å². The molecule has 2 aliphatic rings. The second-order valence-corrected chi connectivity index (χ2v) is 7.26. The molecule has 0 bridgehead atoms. The molecule has 2 heterocycles. The normalized spacial score (nSPS) is 29.9. The van der Waals surface area contributed by atoms with Crippen LogP contribution in [-0.2, 0) is 9.53 Å². The van der Waals surface area contributed by atoms with Gasteiger partial charge in [-0.2, -0.15) is 0 Å². The average molecular weight is 351 g/mol. The first-order valence-electron chi connectivity index (χ1n) is 8.68. The lowest BCUT2D eigenvalue weighted by Crippen LogP contribution is -2.45. The third kappa shape index (κ3) is 2.35. The van der Waals surface area contributed by atoms with Gasteiger partial charge >= 0.3 is 5.97 Å². The molecule has 2 aromatic carbocycles. The van der Waals surface area contributed by atoms with Gasteiger partial charge in [0.05, 0.1) is 18.1 Å². The van der Waals surface area contributed by atoms with E-state index < -0.39 is 11.0 Å². The van der Waals surface area contributed by atoms with E-state index in [0.717, 1.165) is 5.56 Å². The van der Waals surface area contributed by atoms with E-state index in [1.165, 1.54) is 7.11 Å². The summed E-state index contributed by atoms with van der Waals surface area (Å²) in [5.74, 6) is 0.233. The van der Waals surface area contributed by atoms with Crippen LogP contribution in [0.25, 0.3) is 0 Å². The summed E-state index contributed by atoms with van der Waals surface area (Å²) in [6.45, 7) is 2.01. The number of ketones is 1. The quantitative estimate of drug-likeness (QED) is 0.843. The van der Waals surface area contributed by atoms with Crippen LogP contribution in [0, 0.1) is 5.41 Å². The molecule has 0 saturated carbocycles. The van der Waals surface area contributed by atoms with Crippen molar-refractivity contribution in [2.75, 3.05) is 13.7 Å². The minimum Gasteiger partial charge on any atom is -0.492 e. The molecule has 2 aliphatic heterocycles. The Hall–Kier alpha value is -2.66. The third-order valence-corrected chi connectivity index (χ3v) is 5.52. The van der Waals surface area contributed by atoms with Gasteiger partial charge < -0.3 is 9.47 Å². The first-order chi connectivity index (χ1) is 12.5. The van der Waals surface area contributed by atoms with Gasteiger partial charge in [-0.05, 0) is 31.0 Å². The van der Waals surface area contributed by atoms with E-state index >= 15 is 0 Å². The highest BCUT2D eigenvalue weighted by molar-refractivity contribution is 6.05. The van der Waals surface area contributed by atoms with Crippen molar-refractivity contribution in [3.05, 3.63) is 65.7 Å². The van der Waals surface area contributed by atoms with Crippen molar-refractivity contribution < 1.29 is 19.1 Å². The number of rotatable bonds is 2. The molecule has 2 aromatic rings. The van der Waals surface area contributed by atoms with E-state index in [4.69, 9.17) is 9.47 Å². The fraction of sp³-hybridized carbons (Fsp3) is 0.333. The van der Waals surface area contributed by atoms with Gasteiger partial charge in [0.15, 0.2) is 5.78 Å². The van der Waals surface area contributed by atoms with Gasteiger partial charge in [0, 0.05) is 6.04 Å². The van der Waals surface area contributed by atoms with Crippen LogP contribution in [0.15, 0.2) is 54.6 Å². The van der Waals surface area contributed by atoms with Crippen LogP contribution >= 0.6 is 0 Å². The van der Waals surface area contributed by atoms with Crippen molar-refractivity contribution in [3.8, 4) is 5.75 Å². The Morgan fingerprint density at radius 3 is 2.58 bits per heavy atom. The molecule has 1 saturated heterocycles. The van der Waals surface area contributed by atoms with Crippen LogP contribution in [0.3, 0.4) is 0 Å². The second-order valence-electron chi connectivity index (χ2n) is 7.26. The SMILES string of the molecule is COC(=O)[C@]1(C)C[C@@]2(COc3ccccc3C2=O)[C@H](c2ccccc2)N1. The zero-order valence-electron chi connectivity index (χ0n) is 14.8. The first-order valence-corrected chi connectivity index (χ1v) is 8.68. The maximum Gasteiger partial charge on any atom is 0.325 e. The average Bonchev–Trinajstić information content (AvgIpc) is 3.00. The Morgan fingerprint density at radius 1 is 1.15 bits per heavy atom. The van der Waals surface area contributed by atoms with Crippen LogP contribution in [0.4, 0.5) is 0 Å². The number of fused-ring (bicyclic) bond motifs is 1. The molecule has 1 fully saturated rings. The summed E-state index contributed by atoms with van der Waals surface area (Å²) in [7, 11) is 1.37. The lowest BCUT2D eigenvalue weighted by Gasteiger charge is -2.37. The largest absolute Gasteiger partial charge is 0.492 e. The third-order valence-electron chi connectivity index (χ3n) is 5.52. The lowest BCUT2D eigenvalue weighted by atomic mass is 9.69. The summed E-state index contributed by atoms with van der Waals surface area (Å²) >= 11 is 0. The van der Waals surface area contributed by atoms with Gasteiger partial charge in [-0.3, -0.25) is 14.9 Å². The number of para-hydroxylation sites is 1. The van der Waals surface area contributed by atoms with Crippen molar-refractivity contribution in [2.24, 2.45) is 5.41 Å². The highest BCUT2D eigenvalue weighted by Gasteiger charge is 2.62. The summed E-state index contributed by atoms with van der Waals surface area (Å²) in [4.78, 5) is 26.0. The first kappa shape index (κ1) is 16.8. The van der Waals surface area contributed by atoms with E-state index in [-0.39, 0.29) is 24.4 Å². The molecule has 0 aliphatic carbocycles. The number of esters is 1. The zero-order valence-corrected chi connectivity index (χ0v) is 14.8. The molecular weight excluding hydrogens is 330 g/mol. The molecule has 1 spiro atoms. The number of benzene rings is 2. The highest BCUT2D eigenvalue weighted by atomic mass is 16.5. The number of hydrogen-bond donors (Lipinski definition) is 1. The van der Waals surface area contributed by atoms with Crippen molar-refractivity contribution in [3.63, 3.8) is 0 Å². The van der Waals surface area contributed by atoms with Gasteiger partial charge in [0.1, 0.15) is 17.9 Å². The number of Topliss-reactive ketones (excluding diaryl/α,β-unsaturated/α-hetero) is 1. The van der Waals surface area contributed by atoms with E-state index in [2.05, 4.69) is 5.32 Å². The van der Waals surface area contributed by atoms with Crippen LogP contribution < -0.4 is 10.1 Å². The topological polar surface area (TPSA) is 64.6 Å². The minimum atomic E-state index is -0.958.